The first-order valence-corrected chi connectivity index (χ1v) is 6.17. The van der Waals surface area contributed by atoms with Crippen molar-refractivity contribution in [1.29, 1.82) is 0 Å². The number of aromatic nitrogens is 1. The van der Waals surface area contributed by atoms with E-state index in [1.54, 1.807) is 33.0 Å². The summed E-state index contributed by atoms with van der Waals surface area (Å²) in [6, 6.07) is 1.79. The van der Waals surface area contributed by atoms with E-state index in [9.17, 15) is 4.79 Å². The van der Waals surface area contributed by atoms with Crippen molar-refractivity contribution < 1.29 is 9.53 Å². The molecule has 0 atom stereocenters. The van der Waals surface area contributed by atoms with Crippen LogP contribution in [-0.4, -0.2) is 16.7 Å². The summed E-state index contributed by atoms with van der Waals surface area (Å²) in [5.41, 5.74) is -0.522. The fourth-order valence-corrected chi connectivity index (χ4v) is 1.99. The highest BCUT2D eigenvalue weighted by Gasteiger charge is 2.17. The molecule has 0 aliphatic rings. The van der Waals surface area contributed by atoms with Crippen LogP contribution in [0.4, 0.5) is 10.6 Å². The number of hydrogen-bond donors (Lipinski definition) is 1. The summed E-state index contributed by atoms with van der Waals surface area (Å²) in [6.07, 6.45) is 1.07. The van der Waals surface area contributed by atoms with Crippen LogP contribution in [0.3, 0.4) is 0 Å². The van der Waals surface area contributed by atoms with E-state index in [0.29, 0.717) is 10.3 Å². The number of halogens is 2. The molecule has 1 heterocycles. The van der Waals surface area contributed by atoms with Crippen LogP contribution < -0.4 is 5.32 Å². The van der Waals surface area contributed by atoms with Crippen molar-refractivity contribution in [1.82, 2.24) is 4.98 Å². The van der Waals surface area contributed by atoms with Gasteiger partial charge in [-0.3, -0.25) is 5.32 Å². The van der Waals surface area contributed by atoms with Crippen molar-refractivity contribution in [3.8, 4) is 0 Å². The van der Waals surface area contributed by atoms with Crippen LogP contribution in [0.5, 0.6) is 0 Å². The van der Waals surface area contributed by atoms with Gasteiger partial charge in [-0.1, -0.05) is 0 Å². The van der Waals surface area contributed by atoms with Crippen molar-refractivity contribution in [2.45, 2.75) is 26.4 Å². The summed E-state index contributed by atoms with van der Waals surface area (Å²) in [6.45, 7) is 5.41. The molecule has 0 unspecified atom stereocenters. The summed E-state index contributed by atoms with van der Waals surface area (Å²) in [5.74, 6) is 0.428. The minimum atomic E-state index is -0.525. The van der Waals surface area contributed by atoms with Crippen LogP contribution in [0.25, 0.3) is 0 Å². The van der Waals surface area contributed by atoms with Gasteiger partial charge in [-0.2, -0.15) is 0 Å². The molecule has 0 aliphatic carbocycles. The fraction of sp³-hybridized carbons (Fsp3) is 0.400. The molecule has 1 amide bonds. The van der Waals surface area contributed by atoms with Crippen molar-refractivity contribution in [3.05, 3.63) is 21.2 Å². The van der Waals surface area contributed by atoms with E-state index in [-0.39, 0.29) is 0 Å². The lowest BCUT2D eigenvalue weighted by Crippen LogP contribution is -2.27. The zero-order valence-electron chi connectivity index (χ0n) is 9.17. The summed E-state index contributed by atoms with van der Waals surface area (Å²) >= 11 is 6.57. The van der Waals surface area contributed by atoms with Crippen LogP contribution in [0, 0.1) is 0 Å². The Kier molecular flexibility index (Phi) is 4.32. The van der Waals surface area contributed by atoms with Crippen molar-refractivity contribution >= 4 is 43.8 Å². The molecule has 16 heavy (non-hydrogen) atoms. The standard InChI is InChI=1S/C10H12Br2N2O2/c1-10(2,3)16-9(15)14-8-7(12)4-6(11)5-13-8/h4-5H,1-3H3,(H,13,14,15). The highest BCUT2D eigenvalue weighted by molar-refractivity contribution is 9.11. The van der Waals surface area contributed by atoms with Crippen LogP contribution in [0.2, 0.25) is 0 Å². The van der Waals surface area contributed by atoms with Crippen LogP contribution in [0.1, 0.15) is 20.8 Å². The molecule has 0 aliphatic heterocycles. The van der Waals surface area contributed by atoms with E-state index in [4.69, 9.17) is 4.74 Å². The molecule has 1 rings (SSSR count). The monoisotopic (exact) mass is 350 g/mol. The summed E-state index contributed by atoms with van der Waals surface area (Å²) in [4.78, 5) is 15.5. The second kappa shape index (κ2) is 5.14. The van der Waals surface area contributed by atoms with Gasteiger partial charge in [0.15, 0.2) is 0 Å². The molecule has 0 saturated heterocycles. The first-order valence-electron chi connectivity index (χ1n) is 4.59. The second-order valence-corrected chi connectivity index (χ2v) is 5.88. The minimum absolute atomic E-state index is 0.428. The molecule has 1 aromatic heterocycles. The maximum absolute atomic E-state index is 11.5. The van der Waals surface area contributed by atoms with E-state index in [1.807, 2.05) is 0 Å². The quantitative estimate of drug-likeness (QED) is 0.833. The Bertz CT molecular complexity index is 402. The number of anilines is 1. The predicted molar refractivity (Wildman–Crippen MR) is 69.5 cm³/mol. The molecule has 1 aromatic rings. The van der Waals surface area contributed by atoms with Crippen LogP contribution >= 0.6 is 31.9 Å². The third-order valence-corrected chi connectivity index (χ3v) is 2.47. The summed E-state index contributed by atoms with van der Waals surface area (Å²) in [5, 5.41) is 2.55. The number of pyridine rings is 1. The lowest BCUT2D eigenvalue weighted by atomic mass is 10.2. The maximum atomic E-state index is 11.5. The molecule has 0 fully saturated rings. The molecule has 4 nitrogen and oxygen atoms in total. The molecule has 0 radical (unpaired) electrons. The van der Waals surface area contributed by atoms with Gasteiger partial charge in [0, 0.05) is 10.7 Å². The number of nitrogens with one attached hydrogen (secondary N) is 1. The number of carbonyl (C=O) groups excluding carboxylic acids is 1. The Labute approximate surface area is 111 Å². The van der Waals surface area contributed by atoms with Crippen molar-refractivity contribution in [2.75, 3.05) is 5.32 Å². The largest absolute Gasteiger partial charge is 0.444 e. The molecule has 0 saturated carbocycles. The lowest BCUT2D eigenvalue weighted by molar-refractivity contribution is 0.0635. The minimum Gasteiger partial charge on any atom is -0.444 e. The number of hydrogen-bond acceptors (Lipinski definition) is 3. The van der Waals surface area contributed by atoms with Crippen molar-refractivity contribution in [3.63, 3.8) is 0 Å². The Morgan fingerprint density at radius 3 is 2.56 bits per heavy atom. The SMILES string of the molecule is CC(C)(C)OC(=O)Nc1ncc(Br)cc1Br. The Morgan fingerprint density at radius 1 is 1.44 bits per heavy atom. The van der Waals surface area contributed by atoms with Gasteiger partial charge in [0.05, 0.1) is 4.47 Å². The Morgan fingerprint density at radius 2 is 2.06 bits per heavy atom. The van der Waals surface area contributed by atoms with Gasteiger partial charge in [-0.25, -0.2) is 9.78 Å². The zero-order chi connectivity index (χ0) is 12.3. The van der Waals surface area contributed by atoms with E-state index in [0.717, 1.165) is 4.47 Å². The van der Waals surface area contributed by atoms with E-state index in [2.05, 4.69) is 42.2 Å². The molecule has 88 valence electrons. The average molecular weight is 352 g/mol. The molecule has 6 heteroatoms. The maximum Gasteiger partial charge on any atom is 0.413 e. The van der Waals surface area contributed by atoms with E-state index in [1.165, 1.54) is 0 Å². The molecule has 0 bridgehead atoms. The molecule has 0 spiro atoms. The normalized spacial score (nSPS) is 11.1. The molecular weight excluding hydrogens is 340 g/mol. The number of nitrogens with zero attached hydrogens (tertiary/aromatic N) is 1. The van der Waals surface area contributed by atoms with Gasteiger partial charge >= 0.3 is 6.09 Å². The number of amides is 1. The van der Waals surface area contributed by atoms with Crippen LogP contribution in [0.15, 0.2) is 21.2 Å². The summed E-state index contributed by atoms with van der Waals surface area (Å²) in [7, 11) is 0. The Hall–Kier alpha value is -0.620. The first kappa shape index (κ1) is 13.4. The number of carbonyl (C=O) groups is 1. The fourth-order valence-electron chi connectivity index (χ4n) is 0.907. The molecular formula is C10H12Br2N2O2. The van der Waals surface area contributed by atoms with Crippen molar-refractivity contribution in [2.24, 2.45) is 0 Å². The highest BCUT2D eigenvalue weighted by Crippen LogP contribution is 2.23. The third kappa shape index (κ3) is 4.49. The summed E-state index contributed by atoms with van der Waals surface area (Å²) < 4.78 is 6.62. The number of ether oxygens (including phenoxy) is 1. The number of rotatable bonds is 1. The smallest absolute Gasteiger partial charge is 0.413 e. The van der Waals surface area contributed by atoms with Gasteiger partial charge < -0.3 is 4.74 Å². The van der Waals surface area contributed by atoms with E-state index >= 15 is 0 Å². The first-order chi connectivity index (χ1) is 7.28. The van der Waals surface area contributed by atoms with Crippen LogP contribution in [-0.2, 0) is 4.74 Å². The van der Waals surface area contributed by atoms with Gasteiger partial charge in [-0.05, 0) is 58.7 Å². The topological polar surface area (TPSA) is 51.2 Å². The third-order valence-electron chi connectivity index (χ3n) is 1.43. The zero-order valence-corrected chi connectivity index (χ0v) is 12.3. The van der Waals surface area contributed by atoms with Gasteiger partial charge in [-0.15, -0.1) is 0 Å². The van der Waals surface area contributed by atoms with E-state index < -0.39 is 11.7 Å². The average Bonchev–Trinajstić information content (AvgIpc) is 2.06. The van der Waals surface area contributed by atoms with Gasteiger partial charge in [0.25, 0.3) is 0 Å². The Balaban J connectivity index is 2.70. The van der Waals surface area contributed by atoms with Gasteiger partial charge in [0.2, 0.25) is 0 Å². The molecule has 0 aromatic carbocycles. The second-order valence-electron chi connectivity index (χ2n) is 4.11. The highest BCUT2D eigenvalue weighted by atomic mass is 79.9. The van der Waals surface area contributed by atoms with Gasteiger partial charge in [0.1, 0.15) is 11.4 Å². The lowest BCUT2D eigenvalue weighted by Gasteiger charge is -2.19. The molecule has 1 N–H and O–H groups in total. The predicted octanol–water partition coefficient (Wildman–Crippen LogP) is 3.95.